The van der Waals surface area contributed by atoms with E-state index in [9.17, 15) is 9.90 Å². The summed E-state index contributed by atoms with van der Waals surface area (Å²) in [6, 6.07) is 20.5. The van der Waals surface area contributed by atoms with Crippen molar-refractivity contribution in [3.05, 3.63) is 77.9 Å². The van der Waals surface area contributed by atoms with Crippen LogP contribution in [0.2, 0.25) is 0 Å². The van der Waals surface area contributed by atoms with E-state index >= 15 is 0 Å². The molecule has 3 rings (SSSR count). The van der Waals surface area contributed by atoms with E-state index in [0.29, 0.717) is 19.4 Å². The molecule has 0 aromatic heterocycles. The molecule has 4 nitrogen and oxygen atoms in total. The van der Waals surface area contributed by atoms with Gasteiger partial charge in [-0.15, -0.1) is 0 Å². The predicted octanol–water partition coefficient (Wildman–Crippen LogP) is 3.90. The summed E-state index contributed by atoms with van der Waals surface area (Å²) in [5.74, 6) is -0.0140. The molecule has 27 heavy (non-hydrogen) atoms. The van der Waals surface area contributed by atoms with Gasteiger partial charge in [-0.3, -0.25) is 4.79 Å². The summed E-state index contributed by atoms with van der Waals surface area (Å²) in [5.41, 5.74) is 3.64. The molecule has 0 radical (unpaired) electrons. The van der Waals surface area contributed by atoms with Gasteiger partial charge in [-0.05, 0) is 42.4 Å². The van der Waals surface area contributed by atoms with Crippen molar-refractivity contribution in [2.24, 2.45) is 0 Å². The molecule has 0 saturated carbocycles. The molecule has 2 aromatic rings. The van der Waals surface area contributed by atoms with Gasteiger partial charge in [0.25, 0.3) is 0 Å². The van der Waals surface area contributed by atoms with Crippen LogP contribution in [-0.2, 0) is 9.53 Å². The van der Waals surface area contributed by atoms with Crippen LogP contribution in [-0.4, -0.2) is 30.0 Å². The Labute approximate surface area is 160 Å². The summed E-state index contributed by atoms with van der Waals surface area (Å²) in [5, 5.41) is 12.4. The number of aliphatic hydroxyl groups excluding tert-OH is 1. The Balaban J connectivity index is 1.51. The lowest BCUT2D eigenvalue weighted by Crippen LogP contribution is -2.40. The first-order valence-corrected chi connectivity index (χ1v) is 9.64. The van der Waals surface area contributed by atoms with Crippen LogP contribution in [0.4, 0.5) is 0 Å². The lowest BCUT2D eigenvalue weighted by atomic mass is 9.96. The van der Waals surface area contributed by atoms with Gasteiger partial charge < -0.3 is 15.2 Å². The van der Waals surface area contributed by atoms with Gasteiger partial charge in [0.15, 0.2) is 6.29 Å². The largest absolute Gasteiger partial charge is 0.366 e. The minimum Gasteiger partial charge on any atom is -0.366 e. The Morgan fingerprint density at radius 1 is 1.04 bits per heavy atom. The highest BCUT2D eigenvalue weighted by Gasteiger charge is 2.27. The van der Waals surface area contributed by atoms with Gasteiger partial charge in [0.05, 0.1) is 12.6 Å². The van der Waals surface area contributed by atoms with E-state index in [4.69, 9.17) is 4.74 Å². The lowest BCUT2D eigenvalue weighted by molar-refractivity contribution is -0.125. The third kappa shape index (κ3) is 5.78. The van der Waals surface area contributed by atoms with E-state index in [1.807, 2.05) is 12.1 Å². The molecule has 1 unspecified atom stereocenters. The summed E-state index contributed by atoms with van der Waals surface area (Å²) < 4.78 is 5.05. The van der Waals surface area contributed by atoms with E-state index in [1.54, 1.807) is 0 Å². The van der Waals surface area contributed by atoms with Crippen molar-refractivity contribution in [3.8, 4) is 0 Å². The maximum Gasteiger partial charge on any atom is 0.220 e. The fraction of sp³-hybridized carbons (Fsp3) is 0.348. The van der Waals surface area contributed by atoms with Crippen LogP contribution in [0, 0.1) is 0 Å². The maximum absolute atomic E-state index is 12.0. The topological polar surface area (TPSA) is 58.6 Å². The molecule has 142 valence electrons. The maximum atomic E-state index is 12.0. The first kappa shape index (κ1) is 19.3. The fourth-order valence-corrected chi connectivity index (χ4v) is 3.31. The second-order valence-electron chi connectivity index (χ2n) is 6.82. The number of amides is 1. The quantitative estimate of drug-likeness (QED) is 0.698. The minimum absolute atomic E-state index is 0.0140. The standard InChI is InChI=1S/C23H27NO3/c25-22(24-21-16-17-27-23(21)26)15-9-3-8-14-20(18-10-4-1-5-11-18)19-12-6-2-7-13-19/h1-2,4-7,10-14,21,23,26H,3,8-9,15-17H2,(H,24,25)/t21-,23?/m0/s1. The Morgan fingerprint density at radius 3 is 2.22 bits per heavy atom. The zero-order chi connectivity index (χ0) is 18.9. The number of hydrogen-bond donors (Lipinski definition) is 2. The molecule has 1 fully saturated rings. The average Bonchev–Trinajstić information content (AvgIpc) is 3.10. The molecule has 4 heteroatoms. The van der Waals surface area contributed by atoms with Crippen LogP contribution < -0.4 is 5.32 Å². The molecule has 1 aliphatic heterocycles. The molecular weight excluding hydrogens is 338 g/mol. The number of carbonyl (C=O) groups is 1. The van der Waals surface area contributed by atoms with Gasteiger partial charge >= 0.3 is 0 Å². The zero-order valence-electron chi connectivity index (χ0n) is 15.5. The fourth-order valence-electron chi connectivity index (χ4n) is 3.31. The van der Waals surface area contributed by atoms with Crippen molar-refractivity contribution in [1.82, 2.24) is 5.32 Å². The van der Waals surface area contributed by atoms with Crippen LogP contribution in [0.5, 0.6) is 0 Å². The summed E-state index contributed by atoms with van der Waals surface area (Å²) in [4.78, 5) is 12.0. The molecular formula is C23H27NO3. The molecule has 1 heterocycles. The monoisotopic (exact) mass is 365 g/mol. The van der Waals surface area contributed by atoms with Crippen LogP contribution in [0.3, 0.4) is 0 Å². The van der Waals surface area contributed by atoms with Gasteiger partial charge in [-0.2, -0.15) is 0 Å². The van der Waals surface area contributed by atoms with Crippen molar-refractivity contribution >= 4 is 11.5 Å². The number of nitrogens with one attached hydrogen (secondary N) is 1. The van der Waals surface area contributed by atoms with Gasteiger partial charge in [-0.25, -0.2) is 0 Å². The zero-order valence-corrected chi connectivity index (χ0v) is 15.5. The van der Waals surface area contributed by atoms with Crippen LogP contribution >= 0.6 is 0 Å². The molecule has 1 aliphatic rings. The number of aliphatic hydroxyl groups is 1. The molecule has 1 amide bonds. The van der Waals surface area contributed by atoms with Crippen LogP contribution in [0.1, 0.15) is 43.2 Å². The van der Waals surface area contributed by atoms with E-state index in [-0.39, 0.29) is 11.9 Å². The second-order valence-corrected chi connectivity index (χ2v) is 6.82. The van der Waals surface area contributed by atoms with Gasteiger partial charge in [0, 0.05) is 6.42 Å². The second kappa shape index (κ2) is 10.0. The van der Waals surface area contributed by atoms with Crippen LogP contribution in [0.15, 0.2) is 66.7 Å². The lowest BCUT2D eigenvalue weighted by Gasteiger charge is -2.14. The Bertz CT molecular complexity index is 701. The van der Waals surface area contributed by atoms with Gasteiger partial charge in [0.1, 0.15) is 0 Å². The Hall–Kier alpha value is -2.43. The minimum atomic E-state index is -0.865. The summed E-state index contributed by atoms with van der Waals surface area (Å²) in [6.45, 7) is 0.499. The number of unbranched alkanes of at least 4 members (excludes halogenated alkanes) is 2. The number of hydrogen-bond acceptors (Lipinski definition) is 3. The third-order valence-electron chi connectivity index (χ3n) is 4.78. The molecule has 2 aromatic carbocycles. The normalized spacial score (nSPS) is 18.9. The molecule has 1 saturated heterocycles. The van der Waals surface area contributed by atoms with E-state index in [2.05, 4.69) is 59.9 Å². The predicted molar refractivity (Wildman–Crippen MR) is 107 cm³/mol. The number of ether oxygens (including phenoxy) is 1. The Morgan fingerprint density at radius 2 is 1.67 bits per heavy atom. The SMILES string of the molecule is O=C(CCCCC=C(c1ccccc1)c1ccccc1)N[C@H]1CCOC1O. The van der Waals surface area contributed by atoms with Crippen molar-refractivity contribution in [2.45, 2.75) is 44.4 Å². The van der Waals surface area contributed by atoms with E-state index in [0.717, 1.165) is 19.3 Å². The van der Waals surface area contributed by atoms with Gasteiger partial charge in [-0.1, -0.05) is 66.7 Å². The van der Waals surface area contributed by atoms with Crippen molar-refractivity contribution in [1.29, 1.82) is 0 Å². The molecule has 0 aliphatic carbocycles. The third-order valence-corrected chi connectivity index (χ3v) is 4.78. The number of allylic oxidation sites excluding steroid dienone is 1. The Kier molecular flexibility index (Phi) is 7.19. The summed E-state index contributed by atoms with van der Waals surface area (Å²) >= 11 is 0. The van der Waals surface area contributed by atoms with Crippen molar-refractivity contribution < 1.29 is 14.6 Å². The molecule has 0 spiro atoms. The van der Waals surface area contributed by atoms with E-state index in [1.165, 1.54) is 16.7 Å². The smallest absolute Gasteiger partial charge is 0.220 e. The van der Waals surface area contributed by atoms with Crippen molar-refractivity contribution in [2.75, 3.05) is 6.61 Å². The first-order valence-electron chi connectivity index (χ1n) is 9.64. The number of rotatable bonds is 8. The van der Waals surface area contributed by atoms with Crippen molar-refractivity contribution in [3.63, 3.8) is 0 Å². The van der Waals surface area contributed by atoms with Gasteiger partial charge in [0.2, 0.25) is 5.91 Å². The summed E-state index contributed by atoms with van der Waals surface area (Å²) in [7, 11) is 0. The van der Waals surface area contributed by atoms with Crippen LogP contribution in [0.25, 0.3) is 5.57 Å². The highest BCUT2D eigenvalue weighted by atomic mass is 16.6. The molecule has 2 atom stereocenters. The molecule has 0 bridgehead atoms. The average molecular weight is 365 g/mol. The molecule has 2 N–H and O–H groups in total. The highest BCUT2D eigenvalue weighted by Crippen LogP contribution is 2.24. The van der Waals surface area contributed by atoms with E-state index < -0.39 is 6.29 Å². The number of benzene rings is 2. The first-order chi connectivity index (χ1) is 13.2. The summed E-state index contributed by atoms with van der Waals surface area (Å²) in [6.07, 6.45) is 5.23. The number of carbonyl (C=O) groups excluding carboxylic acids is 1. The highest BCUT2D eigenvalue weighted by molar-refractivity contribution is 5.79.